The van der Waals surface area contributed by atoms with Crippen LogP contribution in [0.15, 0.2) is 72.8 Å². The van der Waals surface area contributed by atoms with Gasteiger partial charge in [-0.1, -0.05) is 74.5 Å². The molecule has 1 aliphatic carbocycles. The van der Waals surface area contributed by atoms with E-state index in [1.54, 1.807) is 13.8 Å². The van der Waals surface area contributed by atoms with Gasteiger partial charge in [-0.2, -0.15) is 0 Å². The number of carboxylic acids is 1. The molecule has 0 radical (unpaired) electrons. The number of hydrogen-bond donors (Lipinski definition) is 14. The van der Waals surface area contributed by atoms with Gasteiger partial charge in [0.2, 0.25) is 47.3 Å². The fourth-order valence-corrected chi connectivity index (χ4v) is 8.37. The first-order valence-electron chi connectivity index (χ1n) is 25.0. The Labute approximate surface area is 443 Å². The van der Waals surface area contributed by atoms with Crippen molar-refractivity contribution in [3.63, 3.8) is 0 Å². The zero-order chi connectivity index (χ0) is 56.8. The summed E-state index contributed by atoms with van der Waals surface area (Å²) >= 11 is 0. The molecule has 7 atom stereocenters. The third-order valence-electron chi connectivity index (χ3n) is 12.3. The average molecular weight is 1080 g/mol. The number of carboxylic acid groups (broad SMARTS) is 1. The summed E-state index contributed by atoms with van der Waals surface area (Å²) in [6, 6.07) is 10.1. The summed E-state index contributed by atoms with van der Waals surface area (Å²) in [5.74, 6) is -9.85. The number of alkyl carbamates (subject to hydrolysis) is 1. The largest absolute Gasteiger partial charge is 0.508 e. The van der Waals surface area contributed by atoms with E-state index in [-0.39, 0.29) is 50.0 Å². The number of benzene rings is 3. The number of unbranched alkanes of at least 4 members (excludes halogenated alkanes) is 1. The number of aliphatic carboxylic acids is 1. The van der Waals surface area contributed by atoms with Crippen LogP contribution >= 0.6 is 0 Å². The number of nitrogens with two attached hydrogens (primary N) is 1. The third-order valence-corrected chi connectivity index (χ3v) is 12.3. The average Bonchev–Trinajstić information content (AvgIpc) is 3.76. The second kappa shape index (κ2) is 30.4. The number of hydrogen-bond acceptors (Lipinski definition) is 15. The van der Waals surface area contributed by atoms with Crippen LogP contribution in [0, 0.1) is 5.92 Å². The summed E-state index contributed by atoms with van der Waals surface area (Å²) in [4.78, 5) is 130. The number of ether oxygens (including phenoxy) is 1. The standard InChI is InChI=1S/C52H69N9O16/c1-28(2)22-40(51(74)75)58-48(71)41(24-62)60-50(73)43(26-64)61-49(72)42(25-63)59-46(69)38(19-20-44(53)67)56-47(70)39(23-30-15-17-31(66)18-16-30)57-45(68)37(55-29(3)65)14-8-9-21-54-52(76)77-27-36-34-12-6-4-10-32(34)33-11-5-7-13-35(33)36/h4-7,10-13,15-18,28,36-43,62-64,66H,8-9,14,19-27H2,1-3H3,(H2,53,67)(H,54,76)(H,55,65)(H,56,70)(H,57,68)(H,58,71)(H,59,69)(H,60,73)(H,61,72)(H,74,75)/t37-,38-,39-,40-,41-,42-,43-/m0/s1. The SMILES string of the molecule is CC(=O)N[C@@H](CCCCNC(=O)OCC1c2ccccc2-c2ccccc21)C(=O)N[C@@H](Cc1ccc(O)cc1)C(=O)N[C@@H](CCC(N)=O)C(=O)N[C@@H](CO)C(=O)N[C@@H](CO)C(=O)N[C@@H](CO)C(=O)N[C@@H](CC(C)C)C(=O)O. The van der Waals surface area contributed by atoms with Crippen LogP contribution in [0.5, 0.6) is 5.75 Å². The van der Waals surface area contributed by atoms with Gasteiger partial charge in [-0.05, 0) is 78.0 Å². The molecule has 0 aliphatic heterocycles. The molecule has 77 heavy (non-hydrogen) atoms. The van der Waals surface area contributed by atoms with Crippen molar-refractivity contribution in [2.75, 3.05) is 33.0 Å². The number of primary amides is 1. The summed E-state index contributed by atoms with van der Waals surface area (Å²) in [7, 11) is 0. The summed E-state index contributed by atoms with van der Waals surface area (Å²) in [5.41, 5.74) is 10.0. The Morgan fingerprint density at radius 3 is 1.48 bits per heavy atom. The minimum Gasteiger partial charge on any atom is -0.508 e. The quantitative estimate of drug-likeness (QED) is 0.0324. The van der Waals surface area contributed by atoms with Gasteiger partial charge in [0.25, 0.3) is 0 Å². The summed E-state index contributed by atoms with van der Waals surface area (Å²) in [6.07, 6.45) is -1.17. The summed E-state index contributed by atoms with van der Waals surface area (Å²) in [6.45, 7) is 1.60. The van der Waals surface area contributed by atoms with Gasteiger partial charge in [-0.25, -0.2) is 9.59 Å². The van der Waals surface area contributed by atoms with Gasteiger partial charge in [0.1, 0.15) is 54.6 Å². The van der Waals surface area contributed by atoms with Gasteiger partial charge >= 0.3 is 12.1 Å². The van der Waals surface area contributed by atoms with E-state index in [1.807, 2.05) is 48.5 Å². The van der Waals surface area contributed by atoms with Crippen LogP contribution in [0.25, 0.3) is 11.1 Å². The first-order chi connectivity index (χ1) is 36.6. The number of aliphatic hydroxyl groups is 3. The number of phenolic OH excluding ortho intramolecular Hbond substituents is 1. The van der Waals surface area contributed by atoms with Crippen LogP contribution in [-0.2, 0) is 54.3 Å². The zero-order valence-corrected chi connectivity index (χ0v) is 42.9. The molecule has 418 valence electrons. The van der Waals surface area contributed by atoms with Crippen LogP contribution in [0.3, 0.4) is 0 Å². The molecule has 1 aliphatic rings. The lowest BCUT2D eigenvalue weighted by Crippen LogP contribution is -2.61. The molecule has 15 N–H and O–H groups in total. The van der Waals surface area contributed by atoms with Crippen molar-refractivity contribution in [1.82, 2.24) is 42.5 Å². The fourth-order valence-electron chi connectivity index (χ4n) is 8.37. The van der Waals surface area contributed by atoms with E-state index in [1.165, 1.54) is 31.2 Å². The number of carbonyl (C=O) groups is 10. The van der Waals surface area contributed by atoms with Crippen molar-refractivity contribution < 1.29 is 78.2 Å². The molecule has 0 aromatic heterocycles. The lowest BCUT2D eigenvalue weighted by atomic mass is 9.98. The van der Waals surface area contributed by atoms with Gasteiger partial charge < -0.3 is 78.5 Å². The smallest absolute Gasteiger partial charge is 0.407 e. The Kier molecular flexibility index (Phi) is 24.2. The summed E-state index contributed by atoms with van der Waals surface area (Å²) < 4.78 is 5.60. The highest BCUT2D eigenvalue weighted by atomic mass is 16.5. The maximum absolute atomic E-state index is 14.1. The molecule has 3 aromatic carbocycles. The van der Waals surface area contributed by atoms with Gasteiger partial charge in [-0.3, -0.25) is 38.4 Å². The molecule has 0 bridgehead atoms. The van der Waals surface area contributed by atoms with Crippen LogP contribution < -0.4 is 48.3 Å². The Balaban J connectivity index is 1.40. The molecule has 0 saturated carbocycles. The highest BCUT2D eigenvalue weighted by Crippen LogP contribution is 2.44. The minimum absolute atomic E-state index is 0.0123. The Hall–Kier alpha value is -8.16. The number of nitrogens with one attached hydrogen (secondary N) is 8. The molecule has 0 heterocycles. The van der Waals surface area contributed by atoms with Gasteiger partial charge in [0.05, 0.1) is 19.8 Å². The maximum Gasteiger partial charge on any atom is 0.407 e. The molecule has 0 saturated heterocycles. The van der Waals surface area contributed by atoms with Crippen molar-refractivity contribution in [2.24, 2.45) is 11.7 Å². The molecule has 3 aromatic rings. The number of rotatable bonds is 31. The predicted octanol–water partition coefficient (Wildman–Crippen LogP) is -1.57. The van der Waals surface area contributed by atoms with E-state index in [9.17, 15) is 73.5 Å². The van der Waals surface area contributed by atoms with E-state index in [4.69, 9.17) is 10.5 Å². The first kappa shape index (κ1) is 61.4. The third kappa shape index (κ3) is 19.2. The molecular weight excluding hydrogens is 1010 g/mol. The first-order valence-corrected chi connectivity index (χ1v) is 25.0. The van der Waals surface area contributed by atoms with Crippen LogP contribution in [0.2, 0.25) is 0 Å². The predicted molar refractivity (Wildman–Crippen MR) is 275 cm³/mol. The second-order valence-corrected chi connectivity index (χ2v) is 18.8. The highest BCUT2D eigenvalue weighted by molar-refractivity contribution is 5.97. The van der Waals surface area contributed by atoms with Crippen molar-refractivity contribution in [1.29, 1.82) is 0 Å². The molecule has 0 unspecified atom stereocenters. The molecule has 0 spiro atoms. The van der Waals surface area contributed by atoms with Crippen LogP contribution in [0.1, 0.15) is 81.9 Å². The van der Waals surface area contributed by atoms with Crippen molar-refractivity contribution in [3.8, 4) is 16.9 Å². The Bertz CT molecular complexity index is 2520. The van der Waals surface area contributed by atoms with Gasteiger partial charge in [0.15, 0.2) is 0 Å². The number of aromatic hydroxyl groups is 1. The van der Waals surface area contributed by atoms with E-state index in [0.717, 1.165) is 22.3 Å². The lowest BCUT2D eigenvalue weighted by molar-refractivity contribution is -0.143. The second-order valence-electron chi connectivity index (χ2n) is 18.8. The molecule has 4 rings (SSSR count). The van der Waals surface area contributed by atoms with Crippen molar-refractivity contribution in [3.05, 3.63) is 89.5 Å². The molecular formula is C52H69N9O16. The van der Waals surface area contributed by atoms with E-state index in [2.05, 4.69) is 42.5 Å². The number of phenols is 1. The summed E-state index contributed by atoms with van der Waals surface area (Å²) in [5, 5.41) is 68.2. The topological polar surface area (TPSA) is 403 Å². The highest BCUT2D eigenvalue weighted by Gasteiger charge is 2.35. The number of amides is 9. The van der Waals surface area contributed by atoms with Gasteiger partial charge in [0, 0.05) is 32.2 Å². The molecule has 0 fully saturated rings. The van der Waals surface area contributed by atoms with Gasteiger partial charge in [-0.15, -0.1) is 0 Å². The Morgan fingerprint density at radius 2 is 1.01 bits per heavy atom. The van der Waals surface area contributed by atoms with E-state index in [0.29, 0.717) is 18.4 Å². The number of fused-ring (bicyclic) bond motifs is 3. The monoisotopic (exact) mass is 1080 g/mol. The number of carbonyl (C=O) groups excluding carboxylic acids is 9. The lowest BCUT2D eigenvalue weighted by Gasteiger charge is -2.27. The van der Waals surface area contributed by atoms with E-state index < -0.39 is 134 Å². The number of aliphatic hydroxyl groups excluding tert-OH is 3. The normalized spacial score (nSPS) is 14.3. The zero-order valence-electron chi connectivity index (χ0n) is 42.9. The maximum atomic E-state index is 14.1. The Morgan fingerprint density at radius 1 is 0.571 bits per heavy atom. The molecule has 9 amide bonds. The van der Waals surface area contributed by atoms with Crippen LogP contribution in [0.4, 0.5) is 4.79 Å². The van der Waals surface area contributed by atoms with Crippen molar-refractivity contribution in [2.45, 2.75) is 114 Å². The molecule has 25 nitrogen and oxygen atoms in total. The van der Waals surface area contributed by atoms with Crippen LogP contribution in [-0.4, -0.2) is 160 Å². The minimum atomic E-state index is -1.89. The fraction of sp³-hybridized carbons (Fsp3) is 0.462. The molecule has 25 heteroatoms. The van der Waals surface area contributed by atoms with Crippen molar-refractivity contribution >= 4 is 59.3 Å². The van der Waals surface area contributed by atoms with E-state index >= 15 is 0 Å².